The van der Waals surface area contributed by atoms with Crippen molar-refractivity contribution in [3.05, 3.63) is 66.1 Å². The molecule has 0 saturated carbocycles. The monoisotopic (exact) mass is 400 g/mol. The van der Waals surface area contributed by atoms with Crippen LogP contribution >= 0.6 is 11.3 Å². The summed E-state index contributed by atoms with van der Waals surface area (Å²) in [5, 5.41) is 8.72. The molecule has 0 fully saturated rings. The molecule has 0 atom stereocenters. The van der Waals surface area contributed by atoms with Crippen LogP contribution in [0.25, 0.3) is 5.65 Å². The number of nitrogens with zero attached hydrogens (tertiary/aromatic N) is 4. The molecule has 0 aliphatic heterocycles. The van der Waals surface area contributed by atoms with Gasteiger partial charge in [0.25, 0.3) is 15.9 Å². The fourth-order valence-corrected chi connectivity index (χ4v) is 4.14. The molecule has 4 rings (SSSR count). The highest BCUT2D eigenvalue weighted by atomic mass is 32.2. The highest BCUT2D eigenvalue weighted by molar-refractivity contribution is 7.93. The van der Waals surface area contributed by atoms with Crippen LogP contribution in [0.2, 0.25) is 0 Å². The number of sulfonamides is 1. The van der Waals surface area contributed by atoms with Crippen molar-refractivity contribution >= 4 is 43.7 Å². The number of carbonyl (C=O) groups excluding carboxylic acids is 1. The molecule has 0 aliphatic carbocycles. The summed E-state index contributed by atoms with van der Waals surface area (Å²) in [6.45, 7) is 0. The van der Waals surface area contributed by atoms with Crippen LogP contribution in [-0.2, 0) is 10.0 Å². The fraction of sp³-hybridized carbons (Fsp3) is 0. The fourth-order valence-electron chi connectivity index (χ4n) is 2.35. The molecule has 4 aromatic rings. The minimum atomic E-state index is -3.74. The molecule has 136 valence electrons. The summed E-state index contributed by atoms with van der Waals surface area (Å²) in [5.74, 6) is -0.389. The number of nitrogens with one attached hydrogen (secondary N) is 2. The Morgan fingerprint density at radius 2 is 1.93 bits per heavy atom. The molecule has 11 heteroatoms. The highest BCUT2D eigenvalue weighted by Gasteiger charge is 2.17. The predicted octanol–water partition coefficient (Wildman–Crippen LogP) is 2.24. The summed E-state index contributed by atoms with van der Waals surface area (Å²) >= 11 is 1.18. The third-order valence-corrected chi connectivity index (χ3v) is 5.77. The Kier molecular flexibility index (Phi) is 4.30. The molecule has 0 unspecified atom stereocenters. The van der Waals surface area contributed by atoms with Gasteiger partial charge in [0.1, 0.15) is 5.56 Å². The van der Waals surface area contributed by atoms with Crippen LogP contribution in [0.15, 0.2) is 65.4 Å². The van der Waals surface area contributed by atoms with E-state index in [0.29, 0.717) is 16.9 Å². The van der Waals surface area contributed by atoms with Crippen molar-refractivity contribution < 1.29 is 13.2 Å². The first-order valence-corrected chi connectivity index (χ1v) is 10.0. The van der Waals surface area contributed by atoms with Crippen molar-refractivity contribution in [2.75, 3.05) is 10.0 Å². The quantitative estimate of drug-likeness (QED) is 0.530. The van der Waals surface area contributed by atoms with E-state index < -0.39 is 10.0 Å². The SMILES string of the molecule is O=C(Nc1ccc(S(=O)(=O)Nc2nccs2)cc1)c1cnn2cccnc12. The molecule has 0 saturated heterocycles. The second kappa shape index (κ2) is 6.78. The van der Waals surface area contributed by atoms with Gasteiger partial charge in [0, 0.05) is 29.7 Å². The van der Waals surface area contributed by atoms with Crippen LogP contribution in [-0.4, -0.2) is 33.9 Å². The minimum Gasteiger partial charge on any atom is -0.322 e. The molecule has 27 heavy (non-hydrogen) atoms. The Morgan fingerprint density at radius 1 is 1.11 bits per heavy atom. The van der Waals surface area contributed by atoms with E-state index in [1.54, 1.807) is 23.8 Å². The number of fused-ring (bicyclic) bond motifs is 1. The number of anilines is 2. The molecular formula is C16H12N6O3S2. The zero-order valence-electron chi connectivity index (χ0n) is 13.6. The molecule has 9 nitrogen and oxygen atoms in total. The first-order valence-electron chi connectivity index (χ1n) is 7.65. The number of rotatable bonds is 5. The van der Waals surface area contributed by atoms with Crippen molar-refractivity contribution in [1.82, 2.24) is 19.6 Å². The van der Waals surface area contributed by atoms with E-state index >= 15 is 0 Å². The maximum absolute atomic E-state index is 12.4. The highest BCUT2D eigenvalue weighted by Crippen LogP contribution is 2.20. The van der Waals surface area contributed by atoms with Crippen LogP contribution in [0, 0.1) is 0 Å². The Morgan fingerprint density at radius 3 is 2.67 bits per heavy atom. The van der Waals surface area contributed by atoms with Crippen molar-refractivity contribution in [3.8, 4) is 0 Å². The topological polar surface area (TPSA) is 118 Å². The Bertz CT molecular complexity index is 1200. The van der Waals surface area contributed by atoms with Gasteiger partial charge in [0.15, 0.2) is 10.8 Å². The molecule has 0 radical (unpaired) electrons. The van der Waals surface area contributed by atoms with Gasteiger partial charge in [-0.3, -0.25) is 9.52 Å². The third-order valence-electron chi connectivity index (χ3n) is 3.60. The van der Waals surface area contributed by atoms with Crippen molar-refractivity contribution in [2.24, 2.45) is 0 Å². The van der Waals surface area contributed by atoms with Gasteiger partial charge in [-0.05, 0) is 30.3 Å². The van der Waals surface area contributed by atoms with E-state index in [2.05, 4.69) is 25.1 Å². The zero-order valence-corrected chi connectivity index (χ0v) is 15.2. The lowest BCUT2D eigenvalue weighted by molar-refractivity contribution is 0.102. The number of hydrogen-bond donors (Lipinski definition) is 2. The molecule has 0 aliphatic rings. The molecule has 1 aromatic carbocycles. The van der Waals surface area contributed by atoms with Gasteiger partial charge in [-0.15, -0.1) is 11.3 Å². The van der Waals surface area contributed by atoms with E-state index in [4.69, 9.17) is 0 Å². The zero-order chi connectivity index (χ0) is 18.9. The molecule has 3 aromatic heterocycles. The molecular weight excluding hydrogens is 388 g/mol. The number of carbonyl (C=O) groups is 1. The lowest BCUT2D eigenvalue weighted by Crippen LogP contribution is -2.14. The predicted molar refractivity (Wildman–Crippen MR) is 100 cm³/mol. The van der Waals surface area contributed by atoms with E-state index in [-0.39, 0.29) is 15.9 Å². The summed E-state index contributed by atoms with van der Waals surface area (Å²) in [6, 6.07) is 7.53. The normalized spacial score (nSPS) is 11.4. The first-order chi connectivity index (χ1) is 13.0. The van der Waals surface area contributed by atoms with Crippen LogP contribution in [0.4, 0.5) is 10.8 Å². The number of aromatic nitrogens is 4. The second-order valence-electron chi connectivity index (χ2n) is 5.37. The molecule has 2 N–H and O–H groups in total. The minimum absolute atomic E-state index is 0.0633. The van der Waals surface area contributed by atoms with E-state index in [1.807, 2.05) is 0 Å². The van der Waals surface area contributed by atoms with Gasteiger partial charge in [-0.1, -0.05) is 0 Å². The van der Waals surface area contributed by atoms with Crippen LogP contribution in [0.5, 0.6) is 0 Å². The maximum atomic E-state index is 12.4. The average molecular weight is 400 g/mol. The lowest BCUT2D eigenvalue weighted by atomic mass is 10.2. The lowest BCUT2D eigenvalue weighted by Gasteiger charge is -2.07. The Balaban J connectivity index is 1.51. The maximum Gasteiger partial charge on any atom is 0.263 e. The summed E-state index contributed by atoms with van der Waals surface area (Å²) in [6.07, 6.45) is 6.20. The van der Waals surface area contributed by atoms with Crippen molar-refractivity contribution in [3.63, 3.8) is 0 Å². The number of amides is 1. The van der Waals surface area contributed by atoms with E-state index in [1.165, 1.54) is 52.5 Å². The molecule has 3 heterocycles. The Labute approximate surface area is 157 Å². The second-order valence-corrected chi connectivity index (χ2v) is 7.94. The van der Waals surface area contributed by atoms with Gasteiger partial charge in [0.05, 0.1) is 11.1 Å². The molecule has 1 amide bonds. The van der Waals surface area contributed by atoms with Gasteiger partial charge in [0.2, 0.25) is 0 Å². The average Bonchev–Trinajstić information content (AvgIpc) is 3.31. The molecule has 0 spiro atoms. The van der Waals surface area contributed by atoms with Gasteiger partial charge < -0.3 is 5.32 Å². The largest absolute Gasteiger partial charge is 0.322 e. The van der Waals surface area contributed by atoms with Crippen molar-refractivity contribution in [1.29, 1.82) is 0 Å². The summed E-state index contributed by atoms with van der Waals surface area (Å²) in [4.78, 5) is 20.5. The van der Waals surface area contributed by atoms with Gasteiger partial charge in [-0.2, -0.15) is 5.10 Å². The van der Waals surface area contributed by atoms with Crippen LogP contribution < -0.4 is 10.0 Å². The smallest absolute Gasteiger partial charge is 0.263 e. The van der Waals surface area contributed by atoms with E-state index in [0.717, 1.165) is 0 Å². The molecule has 0 bridgehead atoms. The summed E-state index contributed by atoms with van der Waals surface area (Å²) in [7, 11) is -3.74. The Hall–Kier alpha value is -3.31. The summed E-state index contributed by atoms with van der Waals surface area (Å²) in [5.41, 5.74) is 1.20. The third kappa shape index (κ3) is 3.50. The van der Waals surface area contributed by atoms with Crippen molar-refractivity contribution in [2.45, 2.75) is 4.90 Å². The number of benzene rings is 1. The van der Waals surface area contributed by atoms with E-state index in [9.17, 15) is 13.2 Å². The number of hydrogen-bond acceptors (Lipinski definition) is 7. The van der Waals surface area contributed by atoms with Crippen LogP contribution in [0.3, 0.4) is 0 Å². The standard InChI is InChI=1S/C16H12N6O3S2/c23-15(13-10-19-22-8-1-6-17-14(13)22)20-11-2-4-12(5-3-11)27(24,25)21-16-18-7-9-26-16/h1-10H,(H,18,21)(H,20,23). The number of thiazole rings is 1. The van der Waals surface area contributed by atoms with Crippen LogP contribution in [0.1, 0.15) is 10.4 Å². The van der Waals surface area contributed by atoms with Gasteiger partial charge >= 0.3 is 0 Å². The first kappa shape index (κ1) is 17.1. The van der Waals surface area contributed by atoms with Gasteiger partial charge in [-0.25, -0.2) is 22.9 Å². The summed E-state index contributed by atoms with van der Waals surface area (Å²) < 4.78 is 28.5.